The summed E-state index contributed by atoms with van der Waals surface area (Å²) in [6.07, 6.45) is 0. The number of methoxy groups -OCH3 is 2. The van der Waals surface area contributed by atoms with Crippen LogP contribution in [0.2, 0.25) is 0 Å². The number of benzene rings is 3. The number of anilines is 3. The highest BCUT2D eigenvalue weighted by atomic mass is 79.9. The molecule has 1 aromatic heterocycles. The van der Waals surface area contributed by atoms with E-state index in [1.165, 1.54) is 24.3 Å². The normalized spacial score (nSPS) is 10.8. The Kier molecular flexibility index (Phi) is 6.36. The summed E-state index contributed by atoms with van der Waals surface area (Å²) >= 11 is 3.31. The number of nitrogens with zero attached hydrogens (tertiary/aromatic N) is 2. The summed E-state index contributed by atoms with van der Waals surface area (Å²) in [5.41, 5.74) is 1.97. The van der Waals surface area contributed by atoms with E-state index in [0.717, 1.165) is 5.56 Å². The van der Waals surface area contributed by atoms with Crippen molar-refractivity contribution in [1.82, 2.24) is 9.97 Å². The average molecular weight is 501 g/mol. The molecule has 1 heterocycles. The molecular weight excluding hydrogens is 482 g/mol. The van der Waals surface area contributed by atoms with Gasteiger partial charge in [-0.25, -0.2) is 13.8 Å². The van der Waals surface area contributed by atoms with Crippen LogP contribution in [-0.4, -0.2) is 24.2 Å². The number of fused-ring (bicyclic) bond motifs is 1. The zero-order chi connectivity index (χ0) is 22.7. The third-order valence-electron chi connectivity index (χ3n) is 4.68. The maximum absolute atomic E-state index is 13.8. The summed E-state index contributed by atoms with van der Waals surface area (Å²) in [5.74, 6) is 1.19. The number of halogens is 3. The predicted octanol–water partition coefficient (Wildman–Crippen LogP) is 6.04. The van der Waals surface area contributed by atoms with Gasteiger partial charge in [0, 0.05) is 28.2 Å². The minimum atomic E-state index is -0.339. The molecular formula is C23H19BrF2N4O2. The minimum absolute atomic E-state index is 0.305. The highest BCUT2D eigenvalue weighted by molar-refractivity contribution is 9.10. The Morgan fingerprint density at radius 1 is 0.875 bits per heavy atom. The van der Waals surface area contributed by atoms with Crippen molar-refractivity contribution in [3.8, 4) is 11.5 Å². The molecule has 0 fully saturated rings. The molecule has 164 valence electrons. The van der Waals surface area contributed by atoms with Crippen molar-refractivity contribution in [2.75, 3.05) is 24.9 Å². The lowest BCUT2D eigenvalue weighted by Crippen LogP contribution is -2.06. The highest BCUT2D eigenvalue weighted by Crippen LogP contribution is 2.35. The Morgan fingerprint density at radius 2 is 1.59 bits per heavy atom. The van der Waals surface area contributed by atoms with E-state index in [2.05, 4.69) is 36.5 Å². The Balaban J connectivity index is 1.75. The second kappa shape index (κ2) is 9.35. The van der Waals surface area contributed by atoms with Gasteiger partial charge in [0.15, 0.2) is 11.5 Å². The van der Waals surface area contributed by atoms with Crippen molar-refractivity contribution in [1.29, 1.82) is 0 Å². The quantitative estimate of drug-likeness (QED) is 0.322. The van der Waals surface area contributed by atoms with E-state index in [-0.39, 0.29) is 11.6 Å². The highest BCUT2D eigenvalue weighted by Gasteiger charge is 2.14. The van der Waals surface area contributed by atoms with Gasteiger partial charge in [0.2, 0.25) is 5.95 Å². The van der Waals surface area contributed by atoms with E-state index in [1.807, 2.05) is 6.07 Å². The van der Waals surface area contributed by atoms with Gasteiger partial charge in [-0.1, -0.05) is 15.9 Å². The molecule has 0 atom stereocenters. The van der Waals surface area contributed by atoms with E-state index in [4.69, 9.17) is 9.47 Å². The molecule has 0 aliphatic rings. The summed E-state index contributed by atoms with van der Waals surface area (Å²) in [6.45, 7) is 0.326. The molecule has 2 N–H and O–H groups in total. The molecule has 32 heavy (non-hydrogen) atoms. The standard InChI is InChI=1S/C23H19BrF2N4O2/c1-31-20-10-18-19(11-21(20)32-2)29-23(28-17-5-3-15(25)4-6-17)30-22(18)27-12-13-7-14(24)9-16(26)8-13/h3-11H,12H2,1-2H3,(H2,27,28,29,30). The van der Waals surface area contributed by atoms with Crippen LogP contribution in [0.25, 0.3) is 10.9 Å². The first kappa shape index (κ1) is 21.8. The fraction of sp³-hybridized carbons (Fsp3) is 0.130. The van der Waals surface area contributed by atoms with Crippen LogP contribution in [0.15, 0.2) is 59.1 Å². The second-order valence-electron chi connectivity index (χ2n) is 6.88. The SMILES string of the molecule is COc1cc2nc(Nc3ccc(F)cc3)nc(NCc3cc(F)cc(Br)c3)c2cc1OC. The lowest BCUT2D eigenvalue weighted by Gasteiger charge is -2.15. The Morgan fingerprint density at radius 3 is 2.28 bits per heavy atom. The van der Waals surface area contributed by atoms with E-state index in [9.17, 15) is 8.78 Å². The fourth-order valence-electron chi connectivity index (χ4n) is 3.21. The maximum atomic E-state index is 13.8. The van der Waals surface area contributed by atoms with Crippen LogP contribution in [-0.2, 0) is 6.54 Å². The number of aromatic nitrogens is 2. The maximum Gasteiger partial charge on any atom is 0.229 e. The van der Waals surface area contributed by atoms with Crippen LogP contribution in [0, 0.1) is 11.6 Å². The Labute approximate surface area is 191 Å². The number of hydrogen-bond acceptors (Lipinski definition) is 6. The van der Waals surface area contributed by atoms with E-state index >= 15 is 0 Å². The lowest BCUT2D eigenvalue weighted by atomic mass is 10.2. The van der Waals surface area contributed by atoms with Crippen LogP contribution in [0.1, 0.15) is 5.56 Å². The van der Waals surface area contributed by atoms with E-state index in [0.29, 0.717) is 50.9 Å². The number of ether oxygens (including phenoxy) is 2. The van der Waals surface area contributed by atoms with Gasteiger partial charge in [0.05, 0.1) is 19.7 Å². The Hall–Kier alpha value is -3.46. The van der Waals surface area contributed by atoms with Crippen molar-refractivity contribution >= 4 is 44.3 Å². The van der Waals surface area contributed by atoms with Gasteiger partial charge in [-0.2, -0.15) is 4.98 Å². The first-order valence-corrected chi connectivity index (χ1v) is 10.4. The van der Waals surface area contributed by atoms with Crippen LogP contribution in [0.4, 0.5) is 26.2 Å². The third kappa shape index (κ3) is 4.88. The molecule has 0 amide bonds. The van der Waals surface area contributed by atoms with E-state index in [1.54, 1.807) is 38.5 Å². The summed E-state index contributed by atoms with van der Waals surface area (Å²) in [5, 5.41) is 7.02. The first-order chi connectivity index (χ1) is 15.4. The molecule has 0 saturated heterocycles. The number of hydrogen-bond donors (Lipinski definition) is 2. The lowest BCUT2D eigenvalue weighted by molar-refractivity contribution is 0.356. The summed E-state index contributed by atoms with van der Waals surface area (Å²) < 4.78 is 38.5. The number of nitrogens with one attached hydrogen (secondary N) is 2. The van der Waals surface area contributed by atoms with Crippen molar-refractivity contribution < 1.29 is 18.3 Å². The molecule has 0 radical (unpaired) electrons. The van der Waals surface area contributed by atoms with Crippen molar-refractivity contribution in [2.24, 2.45) is 0 Å². The van der Waals surface area contributed by atoms with Crippen molar-refractivity contribution in [3.05, 3.63) is 76.3 Å². The largest absolute Gasteiger partial charge is 0.493 e. The van der Waals surface area contributed by atoms with Crippen LogP contribution in [0.3, 0.4) is 0 Å². The van der Waals surface area contributed by atoms with Crippen molar-refractivity contribution in [3.63, 3.8) is 0 Å². The molecule has 4 rings (SSSR count). The van der Waals surface area contributed by atoms with Crippen LogP contribution < -0.4 is 20.1 Å². The molecule has 0 unspecified atom stereocenters. The van der Waals surface area contributed by atoms with Gasteiger partial charge in [-0.3, -0.25) is 0 Å². The van der Waals surface area contributed by atoms with Gasteiger partial charge in [-0.15, -0.1) is 0 Å². The van der Waals surface area contributed by atoms with Gasteiger partial charge in [0.1, 0.15) is 17.5 Å². The molecule has 6 nitrogen and oxygen atoms in total. The van der Waals surface area contributed by atoms with E-state index < -0.39 is 0 Å². The molecule has 0 bridgehead atoms. The topological polar surface area (TPSA) is 68.3 Å². The molecule has 3 aromatic carbocycles. The summed E-state index contributed by atoms with van der Waals surface area (Å²) in [7, 11) is 3.09. The molecule has 9 heteroatoms. The van der Waals surface area contributed by atoms with Gasteiger partial charge in [-0.05, 0) is 54.1 Å². The average Bonchev–Trinajstić information content (AvgIpc) is 2.77. The summed E-state index contributed by atoms with van der Waals surface area (Å²) in [4.78, 5) is 9.14. The van der Waals surface area contributed by atoms with Crippen LogP contribution in [0.5, 0.6) is 11.5 Å². The fourth-order valence-corrected chi connectivity index (χ4v) is 3.72. The predicted molar refractivity (Wildman–Crippen MR) is 124 cm³/mol. The second-order valence-corrected chi connectivity index (χ2v) is 7.80. The molecule has 4 aromatic rings. The van der Waals surface area contributed by atoms with Gasteiger partial charge >= 0.3 is 0 Å². The molecule has 0 aliphatic carbocycles. The first-order valence-electron chi connectivity index (χ1n) is 9.60. The smallest absolute Gasteiger partial charge is 0.229 e. The molecule has 0 aliphatic heterocycles. The zero-order valence-electron chi connectivity index (χ0n) is 17.2. The van der Waals surface area contributed by atoms with Crippen LogP contribution >= 0.6 is 15.9 Å². The molecule has 0 saturated carbocycles. The minimum Gasteiger partial charge on any atom is -0.493 e. The third-order valence-corrected chi connectivity index (χ3v) is 5.14. The van der Waals surface area contributed by atoms with Gasteiger partial charge in [0.25, 0.3) is 0 Å². The van der Waals surface area contributed by atoms with Crippen molar-refractivity contribution in [2.45, 2.75) is 6.54 Å². The summed E-state index contributed by atoms with van der Waals surface area (Å²) in [6, 6.07) is 14.1. The number of rotatable bonds is 7. The van der Waals surface area contributed by atoms with Gasteiger partial charge < -0.3 is 20.1 Å². The monoisotopic (exact) mass is 500 g/mol. The zero-order valence-corrected chi connectivity index (χ0v) is 18.8. The molecule has 0 spiro atoms. The Bertz CT molecular complexity index is 1250.